The van der Waals surface area contributed by atoms with Gasteiger partial charge in [-0.15, -0.1) is 11.3 Å². The van der Waals surface area contributed by atoms with E-state index in [0.717, 1.165) is 54.3 Å². The van der Waals surface area contributed by atoms with Crippen molar-refractivity contribution >= 4 is 28.0 Å². The average molecular weight is 443 g/mol. The lowest BCUT2D eigenvalue weighted by atomic mass is 10.1. The maximum Gasteiger partial charge on any atom is 0.264 e. The quantitative estimate of drug-likeness (QED) is 0.399. The van der Waals surface area contributed by atoms with Gasteiger partial charge in [-0.3, -0.25) is 9.69 Å². The van der Waals surface area contributed by atoms with E-state index in [4.69, 9.17) is 4.74 Å². The molecule has 5 heteroatoms. The molecular weight excluding hydrogens is 416 g/mol. The van der Waals surface area contributed by atoms with Crippen molar-refractivity contribution in [3.05, 3.63) is 100 Å². The molecule has 2 heterocycles. The highest BCUT2D eigenvalue weighted by molar-refractivity contribution is 7.12. The standard InChI is InChI=1S/C27H26N2O2S/c30-27(29-14-12-28(13-15-29)18-21-6-2-1-3-7-21)26-16-22(20-32-26)19-31-25-11-10-23-8-4-5-9-24(23)17-25/h1-11,16-17,20H,12-15,18-19H2. The van der Waals surface area contributed by atoms with Crippen LogP contribution in [0.4, 0.5) is 0 Å². The molecule has 32 heavy (non-hydrogen) atoms. The maximum atomic E-state index is 13.0. The molecule has 0 radical (unpaired) electrons. The van der Waals surface area contributed by atoms with Crippen molar-refractivity contribution in [3.63, 3.8) is 0 Å². The van der Waals surface area contributed by atoms with E-state index in [1.54, 1.807) is 0 Å². The molecule has 1 aliphatic heterocycles. The number of piperazine rings is 1. The Kier molecular flexibility index (Phi) is 6.19. The van der Waals surface area contributed by atoms with Crippen molar-refractivity contribution in [1.82, 2.24) is 9.80 Å². The molecule has 0 bridgehead atoms. The molecule has 162 valence electrons. The molecule has 0 atom stereocenters. The van der Waals surface area contributed by atoms with Gasteiger partial charge >= 0.3 is 0 Å². The minimum Gasteiger partial charge on any atom is -0.489 e. The number of nitrogens with zero attached hydrogens (tertiary/aromatic N) is 2. The zero-order valence-corrected chi connectivity index (χ0v) is 18.8. The Hall–Kier alpha value is -3.15. The fourth-order valence-electron chi connectivity index (χ4n) is 4.09. The summed E-state index contributed by atoms with van der Waals surface area (Å²) in [7, 11) is 0. The molecule has 5 rings (SSSR count). The van der Waals surface area contributed by atoms with Gasteiger partial charge in [0.25, 0.3) is 5.91 Å². The van der Waals surface area contributed by atoms with E-state index in [9.17, 15) is 4.79 Å². The molecule has 0 N–H and O–H groups in total. The van der Waals surface area contributed by atoms with E-state index in [0.29, 0.717) is 6.61 Å². The molecule has 0 aliphatic carbocycles. The monoisotopic (exact) mass is 442 g/mol. The summed E-state index contributed by atoms with van der Waals surface area (Å²) >= 11 is 1.51. The summed E-state index contributed by atoms with van der Waals surface area (Å²) in [5, 5.41) is 4.39. The van der Waals surface area contributed by atoms with Crippen LogP contribution in [-0.4, -0.2) is 41.9 Å². The highest BCUT2D eigenvalue weighted by Gasteiger charge is 2.23. The summed E-state index contributed by atoms with van der Waals surface area (Å²) in [5.74, 6) is 0.976. The van der Waals surface area contributed by atoms with E-state index >= 15 is 0 Å². The van der Waals surface area contributed by atoms with Gasteiger partial charge in [-0.1, -0.05) is 60.7 Å². The van der Waals surface area contributed by atoms with Crippen LogP contribution in [0.25, 0.3) is 10.8 Å². The van der Waals surface area contributed by atoms with E-state index < -0.39 is 0 Å². The molecule has 1 saturated heterocycles. The molecule has 1 aliphatic rings. The fraction of sp³-hybridized carbons (Fsp3) is 0.222. The third-order valence-corrected chi connectivity index (χ3v) is 6.87. The largest absolute Gasteiger partial charge is 0.489 e. The minimum atomic E-state index is 0.131. The SMILES string of the molecule is O=C(c1cc(COc2ccc3ccccc3c2)cs1)N1CCN(Cc2ccccc2)CC1. The van der Waals surface area contributed by atoms with E-state index in [1.807, 2.05) is 40.6 Å². The second kappa shape index (κ2) is 9.55. The Balaban J connectivity index is 1.14. The molecule has 0 unspecified atom stereocenters. The number of amides is 1. The lowest BCUT2D eigenvalue weighted by Crippen LogP contribution is -2.48. The summed E-state index contributed by atoms with van der Waals surface area (Å²) in [4.78, 5) is 18.2. The van der Waals surface area contributed by atoms with Gasteiger partial charge in [0, 0.05) is 38.3 Å². The minimum absolute atomic E-state index is 0.131. The summed E-state index contributed by atoms with van der Waals surface area (Å²) < 4.78 is 5.98. The number of benzene rings is 3. The van der Waals surface area contributed by atoms with Gasteiger partial charge in [0.05, 0.1) is 4.88 Å². The molecule has 4 aromatic rings. The van der Waals surface area contributed by atoms with Crippen molar-refractivity contribution in [2.45, 2.75) is 13.2 Å². The van der Waals surface area contributed by atoms with Crippen LogP contribution in [-0.2, 0) is 13.2 Å². The Morgan fingerprint density at radius 2 is 1.56 bits per heavy atom. The van der Waals surface area contributed by atoms with E-state index in [2.05, 4.69) is 53.4 Å². The van der Waals surface area contributed by atoms with Gasteiger partial charge in [0.2, 0.25) is 0 Å². The summed E-state index contributed by atoms with van der Waals surface area (Å²) in [5.41, 5.74) is 2.36. The van der Waals surface area contributed by atoms with Crippen molar-refractivity contribution in [1.29, 1.82) is 0 Å². The van der Waals surface area contributed by atoms with Crippen LogP contribution in [0.1, 0.15) is 20.8 Å². The fourth-order valence-corrected chi connectivity index (χ4v) is 4.96. The summed E-state index contributed by atoms with van der Waals surface area (Å²) in [6.07, 6.45) is 0. The summed E-state index contributed by atoms with van der Waals surface area (Å²) in [6, 6.07) is 26.9. The predicted molar refractivity (Wildman–Crippen MR) is 130 cm³/mol. The second-order valence-electron chi connectivity index (χ2n) is 8.17. The molecule has 1 aromatic heterocycles. The van der Waals surface area contributed by atoms with Crippen molar-refractivity contribution in [2.24, 2.45) is 0 Å². The highest BCUT2D eigenvalue weighted by atomic mass is 32.1. The van der Waals surface area contributed by atoms with Crippen LogP contribution in [0.5, 0.6) is 5.75 Å². The van der Waals surface area contributed by atoms with E-state index in [-0.39, 0.29) is 5.91 Å². The smallest absolute Gasteiger partial charge is 0.264 e. The van der Waals surface area contributed by atoms with Crippen LogP contribution < -0.4 is 4.74 Å². The number of fused-ring (bicyclic) bond motifs is 1. The first-order valence-electron chi connectivity index (χ1n) is 11.0. The lowest BCUT2D eigenvalue weighted by Gasteiger charge is -2.34. The Bertz CT molecular complexity index is 1200. The Labute approximate surface area is 192 Å². The van der Waals surface area contributed by atoms with Crippen LogP contribution in [0.3, 0.4) is 0 Å². The molecule has 3 aromatic carbocycles. The van der Waals surface area contributed by atoms with Gasteiger partial charge < -0.3 is 9.64 Å². The number of carbonyl (C=O) groups is 1. The third kappa shape index (κ3) is 4.85. The van der Waals surface area contributed by atoms with E-state index in [1.165, 1.54) is 22.3 Å². The normalized spacial score (nSPS) is 14.6. The molecule has 1 fully saturated rings. The highest BCUT2D eigenvalue weighted by Crippen LogP contribution is 2.23. The maximum absolute atomic E-state index is 13.0. The Morgan fingerprint density at radius 3 is 2.38 bits per heavy atom. The van der Waals surface area contributed by atoms with Gasteiger partial charge in [-0.2, -0.15) is 0 Å². The van der Waals surface area contributed by atoms with Crippen molar-refractivity contribution in [3.8, 4) is 5.75 Å². The number of ether oxygens (including phenoxy) is 1. The molecule has 1 amide bonds. The molecule has 0 saturated carbocycles. The van der Waals surface area contributed by atoms with Crippen molar-refractivity contribution < 1.29 is 9.53 Å². The molecular formula is C27H26N2O2S. The lowest BCUT2D eigenvalue weighted by molar-refractivity contribution is 0.0633. The average Bonchev–Trinajstić information content (AvgIpc) is 3.32. The number of carbonyl (C=O) groups excluding carboxylic acids is 1. The zero-order chi connectivity index (χ0) is 21.8. The van der Waals surface area contributed by atoms with Gasteiger partial charge in [0.15, 0.2) is 0 Å². The summed E-state index contributed by atoms with van der Waals surface area (Å²) in [6.45, 7) is 4.76. The van der Waals surface area contributed by atoms with Crippen LogP contribution in [0, 0.1) is 0 Å². The van der Waals surface area contributed by atoms with Crippen LogP contribution >= 0.6 is 11.3 Å². The first-order chi connectivity index (χ1) is 15.7. The van der Waals surface area contributed by atoms with Crippen LogP contribution in [0.15, 0.2) is 84.2 Å². The number of thiophene rings is 1. The topological polar surface area (TPSA) is 32.8 Å². The number of rotatable bonds is 6. The Morgan fingerprint density at radius 1 is 0.812 bits per heavy atom. The van der Waals surface area contributed by atoms with Crippen LogP contribution in [0.2, 0.25) is 0 Å². The first kappa shape index (κ1) is 20.7. The molecule has 0 spiro atoms. The zero-order valence-electron chi connectivity index (χ0n) is 17.9. The van der Waals surface area contributed by atoms with Gasteiger partial charge in [-0.25, -0.2) is 0 Å². The first-order valence-corrected chi connectivity index (χ1v) is 11.9. The third-order valence-electron chi connectivity index (χ3n) is 5.90. The predicted octanol–water partition coefficient (Wildman–Crippen LogP) is 5.44. The van der Waals surface area contributed by atoms with Gasteiger partial charge in [0.1, 0.15) is 12.4 Å². The van der Waals surface area contributed by atoms with Crippen molar-refractivity contribution in [2.75, 3.05) is 26.2 Å². The number of hydrogen-bond donors (Lipinski definition) is 0. The second-order valence-corrected chi connectivity index (χ2v) is 9.08. The molecule has 4 nitrogen and oxygen atoms in total. The number of hydrogen-bond acceptors (Lipinski definition) is 4. The van der Waals surface area contributed by atoms with Gasteiger partial charge in [-0.05, 0) is 39.9 Å².